The van der Waals surface area contributed by atoms with Gasteiger partial charge in [-0.3, -0.25) is 9.89 Å². The summed E-state index contributed by atoms with van der Waals surface area (Å²) < 4.78 is 38.5. The van der Waals surface area contributed by atoms with E-state index in [4.69, 9.17) is 0 Å². The molecule has 2 heterocycles. The van der Waals surface area contributed by atoms with Crippen molar-refractivity contribution in [3.8, 4) is 0 Å². The molecule has 1 aliphatic rings. The van der Waals surface area contributed by atoms with Crippen molar-refractivity contribution in [3.05, 3.63) is 36.2 Å². The Bertz CT molecular complexity index is 714. The zero-order valence-corrected chi connectivity index (χ0v) is 14.0. The molecule has 10 heteroatoms. The SMILES string of the molecule is O=C(CSc1ncn[nH]1)N1CCN(c2cccc(C(F)(F)F)c2)CC1. The number of carbonyl (C=O) groups excluding carboxylic acids is 1. The number of benzene rings is 1. The molecule has 1 aliphatic heterocycles. The van der Waals surface area contributed by atoms with Crippen LogP contribution in [0.15, 0.2) is 35.7 Å². The van der Waals surface area contributed by atoms with Gasteiger partial charge in [0.05, 0.1) is 11.3 Å². The fourth-order valence-corrected chi connectivity index (χ4v) is 3.26. The van der Waals surface area contributed by atoms with E-state index < -0.39 is 11.7 Å². The van der Waals surface area contributed by atoms with Crippen LogP contribution in [0.4, 0.5) is 18.9 Å². The fourth-order valence-electron chi connectivity index (χ4n) is 2.58. The molecule has 0 aliphatic carbocycles. The minimum atomic E-state index is -4.36. The van der Waals surface area contributed by atoms with Crippen LogP contribution in [0.1, 0.15) is 5.56 Å². The number of aromatic amines is 1. The number of anilines is 1. The molecule has 0 bridgehead atoms. The van der Waals surface area contributed by atoms with Crippen molar-refractivity contribution in [1.82, 2.24) is 20.1 Å². The van der Waals surface area contributed by atoms with E-state index in [-0.39, 0.29) is 11.7 Å². The standard InChI is InChI=1S/C15H16F3N5OS/c16-15(17,18)11-2-1-3-12(8-11)22-4-6-23(7-5-22)13(24)9-25-14-19-10-20-21-14/h1-3,8,10H,4-7,9H2,(H,19,20,21). The van der Waals surface area contributed by atoms with Gasteiger partial charge in [0.1, 0.15) is 6.33 Å². The molecule has 0 saturated carbocycles. The Morgan fingerprint density at radius 1 is 1.24 bits per heavy atom. The summed E-state index contributed by atoms with van der Waals surface area (Å²) in [7, 11) is 0. The van der Waals surface area contributed by atoms with Crippen molar-refractivity contribution in [1.29, 1.82) is 0 Å². The van der Waals surface area contributed by atoms with Gasteiger partial charge in [-0.1, -0.05) is 17.8 Å². The van der Waals surface area contributed by atoms with Gasteiger partial charge >= 0.3 is 6.18 Å². The monoisotopic (exact) mass is 371 g/mol. The third-order valence-electron chi connectivity index (χ3n) is 3.90. The number of hydrogen-bond donors (Lipinski definition) is 1. The van der Waals surface area contributed by atoms with Crippen LogP contribution < -0.4 is 4.90 Å². The zero-order valence-electron chi connectivity index (χ0n) is 13.2. The van der Waals surface area contributed by atoms with Crippen molar-refractivity contribution in [3.63, 3.8) is 0 Å². The molecule has 1 N–H and O–H groups in total. The van der Waals surface area contributed by atoms with Crippen molar-refractivity contribution in [2.24, 2.45) is 0 Å². The first-order valence-corrected chi connectivity index (χ1v) is 8.60. The highest BCUT2D eigenvalue weighted by molar-refractivity contribution is 7.99. The van der Waals surface area contributed by atoms with Crippen LogP contribution in [-0.2, 0) is 11.0 Å². The van der Waals surface area contributed by atoms with E-state index in [0.29, 0.717) is 37.0 Å². The molecule has 1 fully saturated rings. The Kier molecular flexibility index (Phi) is 5.16. The summed E-state index contributed by atoms with van der Waals surface area (Å²) in [5, 5.41) is 6.96. The molecule has 0 radical (unpaired) electrons. The minimum absolute atomic E-state index is 0.0231. The highest BCUT2D eigenvalue weighted by Crippen LogP contribution is 2.31. The summed E-state index contributed by atoms with van der Waals surface area (Å²) in [4.78, 5) is 19.7. The Balaban J connectivity index is 1.54. The molecule has 3 rings (SSSR count). The quantitative estimate of drug-likeness (QED) is 0.836. The normalized spacial score (nSPS) is 15.5. The van der Waals surface area contributed by atoms with Crippen molar-refractivity contribution in [2.75, 3.05) is 36.8 Å². The number of H-pyrrole nitrogens is 1. The summed E-state index contributed by atoms with van der Waals surface area (Å²) in [6.45, 7) is 1.96. The zero-order chi connectivity index (χ0) is 17.9. The number of piperazine rings is 1. The number of amides is 1. The Hall–Kier alpha value is -2.23. The smallest absolute Gasteiger partial charge is 0.368 e. The minimum Gasteiger partial charge on any atom is -0.368 e. The molecule has 0 unspecified atom stereocenters. The van der Waals surface area contributed by atoms with Crippen LogP contribution in [-0.4, -0.2) is 57.9 Å². The molecular weight excluding hydrogens is 355 g/mol. The number of rotatable bonds is 4. The Labute approximate surface area is 146 Å². The first-order chi connectivity index (χ1) is 11.9. The van der Waals surface area contributed by atoms with Gasteiger partial charge < -0.3 is 9.80 Å². The maximum Gasteiger partial charge on any atom is 0.416 e. The lowest BCUT2D eigenvalue weighted by Gasteiger charge is -2.36. The molecular formula is C15H16F3N5OS. The second-order valence-corrected chi connectivity index (χ2v) is 6.46. The number of halogens is 3. The molecule has 0 atom stereocenters. The van der Waals surface area contributed by atoms with E-state index >= 15 is 0 Å². The lowest BCUT2D eigenvalue weighted by atomic mass is 10.1. The van der Waals surface area contributed by atoms with Crippen LogP contribution in [0.25, 0.3) is 0 Å². The van der Waals surface area contributed by atoms with E-state index in [9.17, 15) is 18.0 Å². The molecule has 134 valence electrons. The van der Waals surface area contributed by atoms with Crippen LogP contribution in [0.5, 0.6) is 0 Å². The molecule has 6 nitrogen and oxygen atoms in total. The highest BCUT2D eigenvalue weighted by Gasteiger charge is 2.31. The highest BCUT2D eigenvalue weighted by atomic mass is 32.2. The number of nitrogens with one attached hydrogen (secondary N) is 1. The lowest BCUT2D eigenvalue weighted by Crippen LogP contribution is -2.49. The molecule has 1 saturated heterocycles. The Morgan fingerprint density at radius 2 is 2.00 bits per heavy atom. The molecule has 1 aromatic heterocycles. The van der Waals surface area contributed by atoms with Gasteiger partial charge in [-0.15, -0.1) is 0 Å². The van der Waals surface area contributed by atoms with Gasteiger partial charge in [-0.25, -0.2) is 4.98 Å². The summed E-state index contributed by atoms with van der Waals surface area (Å²) in [5.74, 6) is 0.226. The predicted molar refractivity (Wildman–Crippen MR) is 87.3 cm³/mol. The van der Waals surface area contributed by atoms with Gasteiger partial charge in [0, 0.05) is 31.9 Å². The average molecular weight is 371 g/mol. The number of thioether (sulfide) groups is 1. The number of alkyl halides is 3. The van der Waals surface area contributed by atoms with E-state index in [1.54, 1.807) is 11.0 Å². The number of aromatic nitrogens is 3. The van der Waals surface area contributed by atoms with Gasteiger partial charge in [0.15, 0.2) is 5.16 Å². The van der Waals surface area contributed by atoms with Gasteiger partial charge in [0.2, 0.25) is 5.91 Å². The van der Waals surface area contributed by atoms with E-state index in [1.807, 2.05) is 4.90 Å². The summed E-state index contributed by atoms with van der Waals surface area (Å²) in [6, 6.07) is 5.28. The second kappa shape index (κ2) is 7.34. The van der Waals surface area contributed by atoms with Crippen molar-refractivity contribution in [2.45, 2.75) is 11.3 Å². The molecule has 1 aromatic carbocycles. The topological polar surface area (TPSA) is 65.1 Å². The van der Waals surface area contributed by atoms with Crippen molar-refractivity contribution < 1.29 is 18.0 Å². The van der Waals surface area contributed by atoms with Crippen LogP contribution in [0, 0.1) is 0 Å². The molecule has 2 aromatic rings. The third-order valence-corrected chi connectivity index (χ3v) is 4.76. The first kappa shape index (κ1) is 17.6. The van der Waals surface area contributed by atoms with Crippen LogP contribution in [0.2, 0.25) is 0 Å². The average Bonchev–Trinajstić information content (AvgIpc) is 3.13. The maximum atomic E-state index is 12.8. The van der Waals surface area contributed by atoms with E-state index in [1.165, 1.54) is 24.2 Å². The van der Waals surface area contributed by atoms with Crippen LogP contribution >= 0.6 is 11.8 Å². The molecule has 1 amide bonds. The predicted octanol–water partition coefficient (Wildman–Crippen LogP) is 2.26. The summed E-state index contributed by atoms with van der Waals surface area (Å²) in [5.41, 5.74) is -0.134. The third kappa shape index (κ3) is 4.44. The van der Waals surface area contributed by atoms with Gasteiger partial charge in [0.25, 0.3) is 0 Å². The van der Waals surface area contributed by atoms with Gasteiger partial charge in [-0.05, 0) is 18.2 Å². The fraction of sp³-hybridized carbons (Fsp3) is 0.400. The van der Waals surface area contributed by atoms with E-state index in [2.05, 4.69) is 15.2 Å². The largest absolute Gasteiger partial charge is 0.416 e. The maximum absolute atomic E-state index is 12.8. The molecule has 0 spiro atoms. The second-order valence-electron chi connectivity index (χ2n) is 5.50. The van der Waals surface area contributed by atoms with E-state index in [0.717, 1.165) is 12.1 Å². The van der Waals surface area contributed by atoms with Gasteiger partial charge in [-0.2, -0.15) is 18.3 Å². The number of carbonyl (C=O) groups is 1. The van der Waals surface area contributed by atoms with Crippen LogP contribution in [0.3, 0.4) is 0 Å². The summed E-state index contributed by atoms with van der Waals surface area (Å²) in [6.07, 6.45) is -2.98. The molecule has 25 heavy (non-hydrogen) atoms. The summed E-state index contributed by atoms with van der Waals surface area (Å²) >= 11 is 1.27. The van der Waals surface area contributed by atoms with Crippen molar-refractivity contribution >= 4 is 23.4 Å². The number of hydrogen-bond acceptors (Lipinski definition) is 5. The lowest BCUT2D eigenvalue weighted by molar-refractivity contribution is -0.137. The Morgan fingerprint density at radius 3 is 2.64 bits per heavy atom. The number of nitrogens with zero attached hydrogens (tertiary/aromatic N) is 4. The first-order valence-electron chi connectivity index (χ1n) is 7.61.